The first-order chi connectivity index (χ1) is 16.8. The zero-order valence-corrected chi connectivity index (χ0v) is 24.7. The number of rotatable bonds is 0. The van der Waals surface area contributed by atoms with E-state index < -0.39 is 31.3 Å². The molecular weight excluding hydrogens is 658 g/mol. The third-order valence-electron chi connectivity index (χ3n) is 3.66. The number of hydrogen-bond acceptors (Lipinski definition) is 6. The third kappa shape index (κ3) is 14.9. The minimum atomic E-state index is -6.09. The van der Waals surface area contributed by atoms with E-state index in [-0.39, 0.29) is 26.2 Å². The zero-order valence-electron chi connectivity index (χ0n) is 19.6. The largest absolute Gasteiger partial charge is 4.00 e. The number of benzene rings is 2. The van der Waals surface area contributed by atoms with Gasteiger partial charge in [-0.25, -0.2) is 16.8 Å². The van der Waals surface area contributed by atoms with Gasteiger partial charge in [-0.1, -0.05) is 25.2 Å². The Bertz CT molecular complexity index is 1250. The van der Waals surface area contributed by atoms with Crippen LogP contribution in [0.2, 0.25) is 13.1 Å². The van der Waals surface area contributed by atoms with E-state index in [1.54, 1.807) is 0 Å². The first-order valence-electron chi connectivity index (χ1n) is 9.68. The van der Waals surface area contributed by atoms with E-state index in [9.17, 15) is 26.3 Å². The standard InChI is InChI=1S/2C9H7.C2H6Si.2CHF3O3S.Zr/c2*1-2-5-9-7-3-6-8(9)4-1;1-3-2;2*2-1(3,4)8(5,6)7;/h2*1-7H;1-2H3;2*(H,5,6,7);/q2*-1;;;;+4/p-2. The second-order valence-electron chi connectivity index (χ2n) is 6.61. The van der Waals surface area contributed by atoms with E-state index in [0.29, 0.717) is 0 Å². The van der Waals surface area contributed by atoms with Gasteiger partial charge < -0.3 is 9.11 Å². The molecule has 4 rings (SSSR count). The van der Waals surface area contributed by atoms with E-state index in [0.717, 1.165) is 9.52 Å². The van der Waals surface area contributed by atoms with Crippen molar-refractivity contribution in [2.45, 2.75) is 24.1 Å². The van der Waals surface area contributed by atoms with Gasteiger partial charge in [-0.3, -0.25) is 0 Å². The van der Waals surface area contributed by atoms with Crippen molar-refractivity contribution in [3.8, 4) is 0 Å². The van der Waals surface area contributed by atoms with Gasteiger partial charge in [-0.15, -0.1) is 59.3 Å². The molecule has 0 aliphatic rings. The minimum Gasteiger partial charge on any atom is -0.741 e. The van der Waals surface area contributed by atoms with Crippen LogP contribution < -0.4 is 0 Å². The van der Waals surface area contributed by atoms with Crippen LogP contribution in [0, 0.1) is 0 Å². The molecule has 0 aliphatic heterocycles. The van der Waals surface area contributed by atoms with Crippen molar-refractivity contribution in [1.29, 1.82) is 0 Å². The Hall–Kier alpha value is -1.84. The number of halogens is 6. The smallest absolute Gasteiger partial charge is 0.741 e. The van der Waals surface area contributed by atoms with Crippen molar-refractivity contribution in [2.75, 3.05) is 0 Å². The molecule has 38 heavy (non-hydrogen) atoms. The van der Waals surface area contributed by atoms with Crippen molar-refractivity contribution in [2.24, 2.45) is 0 Å². The van der Waals surface area contributed by atoms with Crippen LogP contribution in [0.1, 0.15) is 0 Å². The maximum Gasteiger partial charge on any atom is 4.00 e. The molecule has 0 spiro atoms. The second kappa shape index (κ2) is 17.0. The predicted molar refractivity (Wildman–Crippen MR) is 128 cm³/mol. The van der Waals surface area contributed by atoms with Gasteiger partial charge in [0.1, 0.15) is 0 Å². The molecule has 6 nitrogen and oxygen atoms in total. The average molecular weight is 678 g/mol. The van der Waals surface area contributed by atoms with E-state index in [2.05, 4.69) is 98.0 Å². The number of alkyl halides is 6. The first kappa shape index (κ1) is 38.3. The Morgan fingerprint density at radius 3 is 1.08 bits per heavy atom. The Labute approximate surface area is 237 Å². The Balaban J connectivity index is 0. The molecule has 4 aromatic carbocycles. The molecule has 0 aromatic heterocycles. The molecule has 0 fully saturated rings. The van der Waals surface area contributed by atoms with Crippen LogP contribution in [0.5, 0.6) is 0 Å². The summed E-state index contributed by atoms with van der Waals surface area (Å²) >= 11 is 0. The van der Waals surface area contributed by atoms with Gasteiger partial charge in [-0.05, 0) is 0 Å². The van der Waals surface area contributed by atoms with Gasteiger partial charge >= 0.3 is 37.2 Å². The summed E-state index contributed by atoms with van der Waals surface area (Å²) in [6.07, 6.45) is 0. The maximum absolute atomic E-state index is 10.7. The maximum atomic E-state index is 10.7. The molecule has 0 saturated heterocycles. The Morgan fingerprint density at radius 2 is 0.868 bits per heavy atom. The van der Waals surface area contributed by atoms with Crippen molar-refractivity contribution in [3.05, 3.63) is 84.9 Å². The summed E-state index contributed by atoms with van der Waals surface area (Å²) in [4.78, 5) is 0. The second-order valence-corrected chi connectivity index (χ2v) is 10.4. The molecule has 16 heteroatoms. The van der Waals surface area contributed by atoms with Gasteiger partial charge in [0.05, 0.1) is 0 Å². The molecule has 2 radical (unpaired) electrons. The summed E-state index contributed by atoms with van der Waals surface area (Å²) in [5, 5.41) is 5.32. The van der Waals surface area contributed by atoms with Crippen LogP contribution >= 0.6 is 0 Å². The van der Waals surface area contributed by atoms with Crippen molar-refractivity contribution < 1.29 is 78.5 Å². The summed E-state index contributed by atoms with van der Waals surface area (Å²) < 4.78 is 118. The quantitative estimate of drug-likeness (QED) is 0.0741. The first-order valence-corrected chi connectivity index (χ1v) is 14.5. The fourth-order valence-corrected chi connectivity index (χ4v) is 2.14. The summed E-state index contributed by atoms with van der Waals surface area (Å²) in [5.74, 6) is 0. The van der Waals surface area contributed by atoms with Crippen LogP contribution in [0.15, 0.2) is 84.9 Å². The van der Waals surface area contributed by atoms with Gasteiger partial charge in [0.2, 0.25) is 0 Å². The van der Waals surface area contributed by atoms with E-state index in [1.807, 2.05) is 0 Å². The monoisotopic (exact) mass is 676 g/mol. The molecule has 206 valence electrons. The van der Waals surface area contributed by atoms with Crippen molar-refractivity contribution >= 4 is 51.3 Å². The van der Waals surface area contributed by atoms with Gasteiger partial charge in [0.25, 0.3) is 0 Å². The SMILES string of the molecule is C[Si]C.O=S(=O)([O-])C(F)(F)F.O=S(=O)([O-])C(F)(F)F.[Zr+4].c1ccc2[cH-]ccc2c1.c1ccc2[cH-]ccc2c1. The van der Waals surface area contributed by atoms with Gasteiger partial charge in [0, 0.05) is 9.52 Å². The number of hydrogen-bond donors (Lipinski definition) is 0. The van der Waals surface area contributed by atoms with Gasteiger partial charge in [0.15, 0.2) is 20.2 Å². The molecule has 0 saturated carbocycles. The molecule has 0 atom stereocenters. The molecule has 0 heterocycles. The molecule has 0 aliphatic carbocycles. The normalized spacial score (nSPS) is 11.2. The van der Waals surface area contributed by atoms with Gasteiger partial charge in [-0.2, -0.15) is 61.4 Å². The van der Waals surface area contributed by atoms with E-state index in [4.69, 9.17) is 25.9 Å². The van der Waals surface area contributed by atoms with Crippen LogP contribution in [0.3, 0.4) is 0 Å². The van der Waals surface area contributed by atoms with Crippen molar-refractivity contribution in [3.63, 3.8) is 0 Å². The fraction of sp³-hybridized carbons (Fsp3) is 0.182. The summed E-state index contributed by atoms with van der Waals surface area (Å²) in [6.45, 7) is 4.31. The average Bonchev–Trinajstić information content (AvgIpc) is 3.42. The summed E-state index contributed by atoms with van der Waals surface area (Å²) in [5.41, 5.74) is -11.3. The van der Waals surface area contributed by atoms with Crippen molar-refractivity contribution in [1.82, 2.24) is 0 Å². The molecule has 0 amide bonds. The van der Waals surface area contributed by atoms with E-state index in [1.165, 1.54) is 21.5 Å². The topological polar surface area (TPSA) is 114 Å². The molecule has 0 N–H and O–H groups in total. The van der Waals surface area contributed by atoms with Crippen LogP contribution in [0.25, 0.3) is 21.5 Å². The Kier molecular flexibility index (Phi) is 17.1. The Morgan fingerprint density at radius 1 is 0.632 bits per heavy atom. The van der Waals surface area contributed by atoms with E-state index >= 15 is 0 Å². The third-order valence-corrected chi connectivity index (χ3v) is 4.80. The summed E-state index contributed by atoms with van der Waals surface area (Å²) in [7, 11) is -11.1. The molecular formula is C22H20F6O6S2SiZr. The van der Waals surface area contributed by atoms with Crippen LogP contribution in [-0.2, 0) is 46.4 Å². The van der Waals surface area contributed by atoms with Crippen LogP contribution in [0.4, 0.5) is 26.3 Å². The summed E-state index contributed by atoms with van der Waals surface area (Å²) in [6, 6.07) is 29.3. The predicted octanol–water partition coefficient (Wildman–Crippen LogP) is 6.00. The zero-order chi connectivity index (χ0) is 28.9. The molecule has 0 bridgehead atoms. The molecule has 0 unspecified atom stereocenters. The number of fused-ring (bicyclic) bond motifs is 2. The fourth-order valence-electron chi connectivity index (χ4n) is 2.14. The van der Waals surface area contributed by atoms with Crippen LogP contribution in [-0.4, -0.2) is 46.5 Å². The minimum absolute atomic E-state index is 0. The molecule has 4 aromatic rings.